The zero-order valence-electron chi connectivity index (χ0n) is 9.58. The SMILES string of the molecule is C=C(C)/C=C(\CC)C(C)(O)c1ccco1. The molecule has 0 saturated heterocycles. The molecule has 2 heteroatoms. The van der Waals surface area contributed by atoms with Crippen molar-refractivity contribution >= 4 is 0 Å². The van der Waals surface area contributed by atoms with Crippen LogP contribution in [0, 0.1) is 0 Å². The molecule has 82 valence electrons. The second-order valence-corrected chi connectivity index (χ2v) is 3.92. The average molecular weight is 206 g/mol. The van der Waals surface area contributed by atoms with E-state index >= 15 is 0 Å². The van der Waals surface area contributed by atoms with Gasteiger partial charge in [-0.2, -0.15) is 0 Å². The Morgan fingerprint density at radius 3 is 2.73 bits per heavy atom. The van der Waals surface area contributed by atoms with Gasteiger partial charge in [-0.25, -0.2) is 0 Å². The molecule has 1 heterocycles. The fourth-order valence-electron chi connectivity index (χ4n) is 1.60. The second-order valence-electron chi connectivity index (χ2n) is 3.92. The lowest BCUT2D eigenvalue weighted by atomic mass is 9.90. The highest BCUT2D eigenvalue weighted by atomic mass is 16.4. The van der Waals surface area contributed by atoms with Crippen LogP contribution in [0.25, 0.3) is 0 Å². The third-order valence-electron chi connectivity index (χ3n) is 2.43. The number of hydrogen-bond acceptors (Lipinski definition) is 2. The molecule has 2 nitrogen and oxygen atoms in total. The average Bonchev–Trinajstić information content (AvgIpc) is 2.66. The Labute approximate surface area is 90.9 Å². The van der Waals surface area contributed by atoms with E-state index in [-0.39, 0.29) is 0 Å². The van der Waals surface area contributed by atoms with Crippen LogP contribution in [0.15, 0.2) is 46.6 Å². The summed E-state index contributed by atoms with van der Waals surface area (Å²) in [7, 11) is 0. The van der Waals surface area contributed by atoms with Crippen LogP contribution in [0.1, 0.15) is 33.0 Å². The van der Waals surface area contributed by atoms with Gasteiger partial charge in [-0.05, 0) is 38.0 Å². The van der Waals surface area contributed by atoms with Gasteiger partial charge in [-0.1, -0.05) is 25.2 Å². The van der Waals surface area contributed by atoms with Crippen molar-refractivity contribution in [3.63, 3.8) is 0 Å². The van der Waals surface area contributed by atoms with Crippen molar-refractivity contribution in [2.75, 3.05) is 0 Å². The van der Waals surface area contributed by atoms with Crippen molar-refractivity contribution in [1.82, 2.24) is 0 Å². The molecule has 0 spiro atoms. The van der Waals surface area contributed by atoms with Crippen molar-refractivity contribution in [2.45, 2.75) is 32.8 Å². The first kappa shape index (κ1) is 11.8. The van der Waals surface area contributed by atoms with Crippen LogP contribution < -0.4 is 0 Å². The molecule has 0 aliphatic heterocycles. The van der Waals surface area contributed by atoms with E-state index in [2.05, 4.69) is 6.58 Å². The van der Waals surface area contributed by atoms with Gasteiger partial charge < -0.3 is 9.52 Å². The molecule has 0 bridgehead atoms. The summed E-state index contributed by atoms with van der Waals surface area (Å²) in [6.07, 6.45) is 4.24. The Kier molecular flexibility index (Phi) is 3.53. The van der Waals surface area contributed by atoms with E-state index in [0.29, 0.717) is 5.76 Å². The standard InChI is InChI=1S/C13H18O2/c1-5-11(9-10(2)3)13(4,14)12-7-6-8-15-12/h6-9,14H,2,5H2,1,3-4H3/b11-9+. The summed E-state index contributed by atoms with van der Waals surface area (Å²) in [6.45, 7) is 9.48. The first-order valence-electron chi connectivity index (χ1n) is 5.11. The van der Waals surface area contributed by atoms with Crippen LogP contribution >= 0.6 is 0 Å². The fourth-order valence-corrected chi connectivity index (χ4v) is 1.60. The Bertz CT molecular complexity index is 356. The van der Waals surface area contributed by atoms with Crippen molar-refractivity contribution < 1.29 is 9.52 Å². The summed E-state index contributed by atoms with van der Waals surface area (Å²) < 4.78 is 5.24. The molecule has 1 N–H and O–H groups in total. The lowest BCUT2D eigenvalue weighted by molar-refractivity contribution is 0.0693. The largest absolute Gasteiger partial charge is 0.466 e. The zero-order valence-corrected chi connectivity index (χ0v) is 9.58. The van der Waals surface area contributed by atoms with Gasteiger partial charge in [0, 0.05) is 0 Å². The predicted octanol–water partition coefficient (Wildman–Crippen LogP) is 3.40. The first-order valence-corrected chi connectivity index (χ1v) is 5.11. The van der Waals surface area contributed by atoms with Crippen LogP contribution in [0.5, 0.6) is 0 Å². The third-order valence-corrected chi connectivity index (χ3v) is 2.43. The molecule has 0 amide bonds. The number of rotatable bonds is 4. The number of furan rings is 1. The van der Waals surface area contributed by atoms with Crippen molar-refractivity contribution in [3.8, 4) is 0 Å². The molecule has 0 aliphatic carbocycles. The maximum absolute atomic E-state index is 10.4. The minimum Gasteiger partial charge on any atom is -0.466 e. The molecule has 0 aliphatic rings. The second kappa shape index (κ2) is 4.49. The maximum atomic E-state index is 10.4. The minimum absolute atomic E-state index is 0.567. The summed E-state index contributed by atoms with van der Waals surface area (Å²) in [5, 5.41) is 10.4. The normalized spacial score (nSPS) is 16.1. The number of hydrogen-bond donors (Lipinski definition) is 1. The highest BCUT2D eigenvalue weighted by Crippen LogP contribution is 2.31. The summed E-state index contributed by atoms with van der Waals surface area (Å²) >= 11 is 0. The Morgan fingerprint density at radius 1 is 1.67 bits per heavy atom. The minimum atomic E-state index is -1.04. The topological polar surface area (TPSA) is 33.4 Å². The molecule has 0 saturated carbocycles. The molecule has 1 unspecified atom stereocenters. The van der Waals surface area contributed by atoms with E-state index in [0.717, 1.165) is 17.6 Å². The molecule has 0 radical (unpaired) electrons. The van der Waals surface area contributed by atoms with Crippen molar-refractivity contribution in [1.29, 1.82) is 0 Å². The van der Waals surface area contributed by atoms with E-state index < -0.39 is 5.60 Å². The van der Waals surface area contributed by atoms with Gasteiger partial charge >= 0.3 is 0 Å². The molecular formula is C13H18O2. The zero-order chi connectivity index (χ0) is 11.5. The Balaban J connectivity index is 3.08. The van der Waals surface area contributed by atoms with E-state index in [1.807, 2.05) is 19.9 Å². The molecule has 0 fully saturated rings. The number of aliphatic hydroxyl groups is 1. The predicted molar refractivity (Wildman–Crippen MR) is 61.5 cm³/mol. The summed E-state index contributed by atoms with van der Waals surface area (Å²) in [4.78, 5) is 0. The fraction of sp³-hybridized carbons (Fsp3) is 0.385. The molecule has 1 aromatic heterocycles. The Morgan fingerprint density at radius 2 is 2.33 bits per heavy atom. The summed E-state index contributed by atoms with van der Waals surface area (Å²) in [5.41, 5.74) is 0.792. The smallest absolute Gasteiger partial charge is 0.140 e. The Hall–Kier alpha value is -1.28. The van der Waals surface area contributed by atoms with Crippen molar-refractivity contribution in [2.24, 2.45) is 0 Å². The van der Waals surface area contributed by atoms with Gasteiger partial charge in [-0.3, -0.25) is 0 Å². The number of allylic oxidation sites excluding steroid dienone is 2. The van der Waals surface area contributed by atoms with Gasteiger partial charge in [-0.15, -0.1) is 0 Å². The molecule has 0 aromatic carbocycles. The van der Waals surface area contributed by atoms with Gasteiger partial charge in [0.05, 0.1) is 6.26 Å². The van der Waals surface area contributed by atoms with E-state index in [9.17, 15) is 5.11 Å². The van der Waals surface area contributed by atoms with Crippen LogP contribution in [-0.4, -0.2) is 5.11 Å². The molecule has 1 aromatic rings. The quantitative estimate of drug-likeness (QED) is 0.766. The molecule has 1 rings (SSSR count). The van der Waals surface area contributed by atoms with E-state index in [4.69, 9.17) is 4.42 Å². The first-order chi connectivity index (χ1) is 6.98. The monoisotopic (exact) mass is 206 g/mol. The lowest BCUT2D eigenvalue weighted by Gasteiger charge is -2.24. The third kappa shape index (κ3) is 2.60. The van der Waals surface area contributed by atoms with Crippen LogP contribution in [0.2, 0.25) is 0 Å². The van der Waals surface area contributed by atoms with Crippen LogP contribution in [-0.2, 0) is 5.60 Å². The van der Waals surface area contributed by atoms with Gasteiger partial charge in [0.2, 0.25) is 0 Å². The summed E-state index contributed by atoms with van der Waals surface area (Å²) in [5.74, 6) is 0.567. The van der Waals surface area contributed by atoms with Gasteiger partial charge in [0.1, 0.15) is 11.4 Å². The van der Waals surface area contributed by atoms with Crippen LogP contribution in [0.3, 0.4) is 0 Å². The lowest BCUT2D eigenvalue weighted by Crippen LogP contribution is -2.23. The van der Waals surface area contributed by atoms with E-state index in [1.54, 1.807) is 25.3 Å². The van der Waals surface area contributed by atoms with Gasteiger partial charge in [0.25, 0.3) is 0 Å². The van der Waals surface area contributed by atoms with E-state index in [1.165, 1.54) is 0 Å². The molecule has 15 heavy (non-hydrogen) atoms. The van der Waals surface area contributed by atoms with Crippen LogP contribution in [0.4, 0.5) is 0 Å². The highest BCUT2D eigenvalue weighted by molar-refractivity contribution is 5.30. The van der Waals surface area contributed by atoms with Crippen molar-refractivity contribution in [3.05, 3.63) is 48.0 Å². The maximum Gasteiger partial charge on any atom is 0.140 e. The summed E-state index contributed by atoms with van der Waals surface area (Å²) in [6, 6.07) is 3.56. The highest BCUT2D eigenvalue weighted by Gasteiger charge is 2.29. The molecule has 1 atom stereocenters. The molecular weight excluding hydrogens is 188 g/mol. The van der Waals surface area contributed by atoms with Gasteiger partial charge in [0.15, 0.2) is 0 Å².